The molecule has 0 fully saturated rings. The van der Waals surface area contributed by atoms with Gasteiger partial charge >= 0.3 is 5.97 Å². The third kappa shape index (κ3) is 3.46. The molecule has 0 aliphatic carbocycles. The number of fused-ring (bicyclic) bond motifs is 1. The number of benzene rings is 2. The van der Waals surface area contributed by atoms with E-state index in [1.807, 2.05) is 0 Å². The molecule has 5 nitrogen and oxygen atoms in total. The lowest BCUT2D eigenvalue weighted by atomic mass is 9.94. The second kappa shape index (κ2) is 8.38. The Labute approximate surface area is 185 Å². The van der Waals surface area contributed by atoms with Crippen molar-refractivity contribution in [3.05, 3.63) is 80.9 Å². The Bertz CT molecular complexity index is 1290. The van der Waals surface area contributed by atoms with Gasteiger partial charge in [0.25, 0.3) is 5.56 Å². The predicted octanol–water partition coefficient (Wildman–Crippen LogP) is 4.57. The van der Waals surface area contributed by atoms with Crippen LogP contribution in [-0.4, -0.2) is 28.5 Å². The van der Waals surface area contributed by atoms with Crippen molar-refractivity contribution in [1.29, 1.82) is 0 Å². The van der Waals surface area contributed by atoms with Gasteiger partial charge in [0.2, 0.25) is 0 Å². The van der Waals surface area contributed by atoms with Crippen LogP contribution in [0.1, 0.15) is 22.7 Å². The van der Waals surface area contributed by atoms with E-state index in [1.165, 1.54) is 31.4 Å². The normalized spacial score (nSPS) is 15.0. The smallest absolute Gasteiger partial charge is 0.327 e. The summed E-state index contributed by atoms with van der Waals surface area (Å²) in [5, 5.41) is 9.95. The van der Waals surface area contributed by atoms with Crippen molar-refractivity contribution >= 4 is 17.7 Å². The highest BCUT2D eigenvalue weighted by Crippen LogP contribution is 2.40. The van der Waals surface area contributed by atoms with Crippen LogP contribution in [0.2, 0.25) is 0 Å². The van der Waals surface area contributed by atoms with E-state index in [9.17, 15) is 23.5 Å². The first kappa shape index (κ1) is 22.0. The Morgan fingerprint density at radius 1 is 1.16 bits per heavy atom. The van der Waals surface area contributed by atoms with Crippen molar-refractivity contribution in [2.75, 3.05) is 12.9 Å². The van der Waals surface area contributed by atoms with E-state index in [0.717, 1.165) is 28.5 Å². The minimum absolute atomic E-state index is 0.0642. The van der Waals surface area contributed by atoms with E-state index in [4.69, 9.17) is 4.74 Å². The summed E-state index contributed by atoms with van der Waals surface area (Å²) < 4.78 is 50.0. The van der Waals surface area contributed by atoms with Gasteiger partial charge in [0.1, 0.15) is 17.7 Å². The summed E-state index contributed by atoms with van der Waals surface area (Å²) in [7, 11) is 1.29. The number of carboxylic acids is 1. The molecule has 166 valence electrons. The minimum Gasteiger partial charge on any atom is -0.494 e. The quantitative estimate of drug-likeness (QED) is 0.603. The predicted molar refractivity (Wildman–Crippen MR) is 114 cm³/mol. The summed E-state index contributed by atoms with van der Waals surface area (Å²) in [5.74, 6) is -3.54. The van der Waals surface area contributed by atoms with Crippen molar-refractivity contribution in [1.82, 2.24) is 4.57 Å². The third-order valence-electron chi connectivity index (χ3n) is 5.58. The van der Waals surface area contributed by atoms with Crippen LogP contribution in [0.15, 0.2) is 46.2 Å². The molecular weight excluding hydrogens is 443 g/mol. The van der Waals surface area contributed by atoms with Crippen LogP contribution in [-0.2, 0) is 11.2 Å². The van der Waals surface area contributed by atoms with E-state index in [2.05, 4.69) is 0 Å². The maximum Gasteiger partial charge on any atom is 0.327 e. The number of thioether (sulfide) groups is 1. The highest BCUT2D eigenvalue weighted by Gasteiger charge is 2.35. The maximum absolute atomic E-state index is 15.1. The van der Waals surface area contributed by atoms with Crippen LogP contribution >= 0.6 is 11.8 Å². The van der Waals surface area contributed by atoms with Gasteiger partial charge in [0.15, 0.2) is 11.6 Å². The molecule has 0 spiro atoms. The second-order valence-electron chi connectivity index (χ2n) is 7.32. The molecule has 2 heterocycles. The first-order chi connectivity index (χ1) is 15.3. The first-order valence-corrected chi connectivity index (χ1v) is 10.6. The highest BCUT2D eigenvalue weighted by atomic mass is 32.2. The van der Waals surface area contributed by atoms with Crippen molar-refractivity contribution in [3.8, 4) is 16.9 Å². The SMILES string of the molecule is COc1cccc(-c2c(C)c(Cc3c(F)cccc3F)c3n(c2=O)C(C(=O)O)CS3)c1F. The number of aromatic nitrogens is 1. The van der Waals surface area contributed by atoms with Crippen LogP contribution in [0.25, 0.3) is 11.1 Å². The number of rotatable bonds is 5. The molecule has 9 heteroatoms. The zero-order chi connectivity index (χ0) is 23.2. The number of halogens is 3. The lowest BCUT2D eigenvalue weighted by Gasteiger charge is -2.20. The summed E-state index contributed by atoms with van der Waals surface area (Å²) in [6.07, 6.45) is -0.224. The maximum atomic E-state index is 15.1. The molecular formula is C23H18F3NO4S. The molecule has 1 aliphatic heterocycles. The number of ether oxygens (including phenoxy) is 1. The van der Waals surface area contributed by atoms with Gasteiger partial charge in [-0.2, -0.15) is 0 Å². The molecule has 3 aromatic rings. The van der Waals surface area contributed by atoms with Crippen molar-refractivity contribution in [2.24, 2.45) is 0 Å². The van der Waals surface area contributed by atoms with E-state index in [1.54, 1.807) is 6.92 Å². The van der Waals surface area contributed by atoms with Gasteiger partial charge in [-0.3, -0.25) is 9.36 Å². The summed E-state index contributed by atoms with van der Waals surface area (Å²) in [6.45, 7) is 1.57. The molecule has 1 aromatic heterocycles. The average Bonchev–Trinajstić information content (AvgIpc) is 3.20. The van der Waals surface area contributed by atoms with Crippen LogP contribution in [0.4, 0.5) is 13.2 Å². The largest absolute Gasteiger partial charge is 0.494 e. The topological polar surface area (TPSA) is 68.5 Å². The lowest BCUT2D eigenvalue weighted by Crippen LogP contribution is -2.31. The van der Waals surface area contributed by atoms with Gasteiger partial charge in [0.05, 0.1) is 17.7 Å². The lowest BCUT2D eigenvalue weighted by molar-refractivity contribution is -0.140. The zero-order valence-electron chi connectivity index (χ0n) is 17.1. The molecule has 4 rings (SSSR count). The molecule has 0 saturated carbocycles. The number of carboxylic acid groups (broad SMARTS) is 1. The number of hydrogen-bond donors (Lipinski definition) is 1. The van der Waals surface area contributed by atoms with Gasteiger partial charge in [-0.25, -0.2) is 18.0 Å². The second-order valence-corrected chi connectivity index (χ2v) is 8.33. The molecule has 1 N–H and O–H groups in total. The van der Waals surface area contributed by atoms with Gasteiger partial charge in [-0.15, -0.1) is 11.8 Å². The number of methoxy groups -OCH3 is 1. The molecule has 1 aliphatic rings. The Morgan fingerprint density at radius 2 is 1.81 bits per heavy atom. The fourth-order valence-corrected chi connectivity index (χ4v) is 5.30. The standard InChI is InChI=1S/C23H18F3NO4S/c1-11-13(9-14-15(24)6-4-7-16(14)25)22-27(17(10-32-22)23(29)30)21(28)19(11)12-5-3-8-18(31-2)20(12)26/h3-8,17H,9-10H2,1-2H3,(H,29,30). The van der Waals surface area contributed by atoms with E-state index < -0.39 is 35.0 Å². The third-order valence-corrected chi connectivity index (χ3v) is 6.78. The molecule has 0 radical (unpaired) electrons. The van der Waals surface area contributed by atoms with Gasteiger partial charge in [0, 0.05) is 23.3 Å². The van der Waals surface area contributed by atoms with Crippen molar-refractivity contribution in [2.45, 2.75) is 24.4 Å². The summed E-state index contributed by atoms with van der Waals surface area (Å²) in [5.41, 5.74) is -0.327. The van der Waals surface area contributed by atoms with E-state index >= 15 is 4.39 Å². The zero-order valence-corrected chi connectivity index (χ0v) is 17.9. The Morgan fingerprint density at radius 3 is 2.44 bits per heavy atom. The molecule has 32 heavy (non-hydrogen) atoms. The number of pyridine rings is 1. The Hall–Kier alpha value is -3.20. The number of hydrogen-bond acceptors (Lipinski definition) is 4. The van der Waals surface area contributed by atoms with Gasteiger partial charge < -0.3 is 9.84 Å². The van der Waals surface area contributed by atoms with Crippen LogP contribution in [0.5, 0.6) is 5.75 Å². The molecule has 0 saturated heterocycles. The number of aliphatic carboxylic acids is 1. The fourth-order valence-electron chi connectivity index (χ4n) is 3.95. The van der Waals surface area contributed by atoms with Crippen LogP contribution in [0.3, 0.4) is 0 Å². The molecule has 0 bridgehead atoms. The molecule has 0 amide bonds. The van der Waals surface area contributed by atoms with Crippen molar-refractivity contribution < 1.29 is 27.8 Å². The van der Waals surface area contributed by atoms with E-state index in [0.29, 0.717) is 16.2 Å². The number of carbonyl (C=O) groups is 1. The van der Waals surface area contributed by atoms with Gasteiger partial charge in [-0.05, 0) is 36.2 Å². The highest BCUT2D eigenvalue weighted by molar-refractivity contribution is 7.99. The minimum atomic E-state index is -1.22. The fraction of sp³-hybridized carbons (Fsp3) is 0.217. The van der Waals surface area contributed by atoms with E-state index in [-0.39, 0.29) is 34.6 Å². The molecule has 1 unspecified atom stereocenters. The van der Waals surface area contributed by atoms with Crippen LogP contribution in [0, 0.1) is 24.4 Å². The van der Waals surface area contributed by atoms with Crippen molar-refractivity contribution in [3.63, 3.8) is 0 Å². The summed E-state index contributed by atoms with van der Waals surface area (Å²) >= 11 is 1.12. The molecule has 1 atom stereocenters. The Balaban J connectivity index is 2.05. The van der Waals surface area contributed by atoms with Crippen LogP contribution < -0.4 is 10.3 Å². The summed E-state index contributed by atoms with van der Waals surface area (Å²) in [4.78, 5) is 25.2. The summed E-state index contributed by atoms with van der Waals surface area (Å²) in [6, 6.07) is 6.60. The average molecular weight is 461 g/mol. The monoisotopic (exact) mass is 461 g/mol. The number of nitrogens with zero attached hydrogens (tertiary/aromatic N) is 1. The Kier molecular flexibility index (Phi) is 5.77. The first-order valence-electron chi connectivity index (χ1n) is 9.65. The molecule has 2 aromatic carbocycles. The van der Waals surface area contributed by atoms with Gasteiger partial charge in [-0.1, -0.05) is 18.2 Å².